The van der Waals surface area contributed by atoms with Gasteiger partial charge in [-0.05, 0) is 50.2 Å². The van der Waals surface area contributed by atoms with Gasteiger partial charge in [0.05, 0.1) is 11.9 Å². The van der Waals surface area contributed by atoms with E-state index < -0.39 is 0 Å². The Morgan fingerprint density at radius 2 is 1.68 bits per heavy atom. The summed E-state index contributed by atoms with van der Waals surface area (Å²) in [5.41, 5.74) is 1.61. The smallest absolute Gasteiger partial charge is 0.259 e. The largest absolute Gasteiger partial charge is 0.339 e. The summed E-state index contributed by atoms with van der Waals surface area (Å²) in [6.07, 6.45) is 1.50. The highest BCUT2D eigenvalue weighted by molar-refractivity contribution is 9.10. The van der Waals surface area contributed by atoms with Crippen molar-refractivity contribution >= 4 is 33.6 Å². The van der Waals surface area contributed by atoms with Gasteiger partial charge in [-0.2, -0.15) is 5.10 Å². The number of carbonyl (C=O) groups excluding carboxylic acids is 2. The zero-order valence-electron chi connectivity index (χ0n) is 15.7. The molecule has 0 spiro atoms. The summed E-state index contributed by atoms with van der Waals surface area (Å²) in [6.45, 7) is 4.99. The van der Waals surface area contributed by atoms with Crippen molar-refractivity contribution in [2.45, 2.75) is 13.8 Å². The third-order valence-electron chi connectivity index (χ3n) is 4.39. The fraction of sp³-hybridized carbons (Fsp3) is 0.190. The molecule has 0 bridgehead atoms. The van der Waals surface area contributed by atoms with Gasteiger partial charge in [0.25, 0.3) is 11.8 Å². The van der Waals surface area contributed by atoms with Crippen LogP contribution in [0.3, 0.4) is 0 Å². The van der Waals surface area contributed by atoms with Crippen molar-refractivity contribution in [2.75, 3.05) is 18.4 Å². The van der Waals surface area contributed by atoms with E-state index >= 15 is 0 Å². The normalized spacial score (nSPS) is 10.5. The zero-order valence-corrected chi connectivity index (χ0v) is 17.3. The van der Waals surface area contributed by atoms with Gasteiger partial charge in [0.1, 0.15) is 11.4 Å². The van der Waals surface area contributed by atoms with Gasteiger partial charge < -0.3 is 10.2 Å². The molecule has 144 valence electrons. The van der Waals surface area contributed by atoms with Crippen LogP contribution in [0.15, 0.2) is 65.3 Å². The molecule has 6 nitrogen and oxygen atoms in total. The van der Waals surface area contributed by atoms with Crippen LogP contribution in [0.25, 0.3) is 5.69 Å². The number of halogens is 1. The van der Waals surface area contributed by atoms with Crippen molar-refractivity contribution in [1.82, 2.24) is 14.7 Å². The average Bonchev–Trinajstić information content (AvgIpc) is 3.13. The predicted octanol–water partition coefficient (Wildman–Crippen LogP) is 4.37. The summed E-state index contributed by atoms with van der Waals surface area (Å²) < 4.78 is 2.46. The first-order valence-electron chi connectivity index (χ1n) is 9.04. The van der Waals surface area contributed by atoms with Crippen molar-refractivity contribution in [3.05, 3.63) is 76.4 Å². The van der Waals surface area contributed by atoms with E-state index in [9.17, 15) is 9.59 Å². The quantitative estimate of drug-likeness (QED) is 0.618. The minimum Gasteiger partial charge on any atom is -0.339 e. The zero-order chi connectivity index (χ0) is 20.1. The Morgan fingerprint density at radius 1 is 1.04 bits per heavy atom. The Morgan fingerprint density at radius 3 is 2.29 bits per heavy atom. The van der Waals surface area contributed by atoms with E-state index in [4.69, 9.17) is 0 Å². The molecule has 1 aromatic heterocycles. The van der Waals surface area contributed by atoms with Crippen LogP contribution in [0.1, 0.15) is 34.6 Å². The third kappa shape index (κ3) is 4.14. The summed E-state index contributed by atoms with van der Waals surface area (Å²) in [5.74, 6) is -0.118. The number of hydrogen-bond donors (Lipinski definition) is 1. The lowest BCUT2D eigenvalue weighted by atomic mass is 10.2. The summed E-state index contributed by atoms with van der Waals surface area (Å²) in [4.78, 5) is 27.4. The number of nitrogens with zero attached hydrogens (tertiary/aromatic N) is 3. The van der Waals surface area contributed by atoms with Crippen LogP contribution in [0.2, 0.25) is 0 Å². The third-order valence-corrected chi connectivity index (χ3v) is 4.92. The van der Waals surface area contributed by atoms with Crippen molar-refractivity contribution in [3.8, 4) is 5.69 Å². The molecule has 0 unspecified atom stereocenters. The molecular formula is C21H21BrN4O2. The van der Waals surface area contributed by atoms with E-state index in [0.29, 0.717) is 30.0 Å². The van der Waals surface area contributed by atoms with Crippen LogP contribution in [0, 0.1) is 0 Å². The molecule has 3 aromatic rings. The molecule has 0 saturated heterocycles. The highest BCUT2D eigenvalue weighted by atomic mass is 79.9. The fourth-order valence-electron chi connectivity index (χ4n) is 2.85. The Kier molecular flexibility index (Phi) is 6.26. The maximum atomic E-state index is 13.0. The molecule has 0 saturated carbocycles. The van der Waals surface area contributed by atoms with E-state index in [2.05, 4.69) is 26.3 Å². The molecule has 0 aliphatic carbocycles. The molecule has 3 rings (SSSR count). The molecule has 0 atom stereocenters. The van der Waals surface area contributed by atoms with E-state index in [1.54, 1.807) is 33.8 Å². The second kappa shape index (κ2) is 8.84. The number of benzene rings is 2. The summed E-state index contributed by atoms with van der Waals surface area (Å²) in [7, 11) is 0. The molecule has 0 fully saturated rings. The van der Waals surface area contributed by atoms with Gasteiger partial charge in [-0.15, -0.1) is 0 Å². The minimum atomic E-state index is -0.307. The predicted molar refractivity (Wildman–Crippen MR) is 113 cm³/mol. The first-order valence-corrected chi connectivity index (χ1v) is 9.84. The van der Waals surface area contributed by atoms with Gasteiger partial charge in [0, 0.05) is 23.1 Å². The molecular weight excluding hydrogens is 420 g/mol. The van der Waals surface area contributed by atoms with Crippen molar-refractivity contribution in [1.29, 1.82) is 0 Å². The van der Waals surface area contributed by atoms with Crippen molar-refractivity contribution < 1.29 is 9.59 Å². The molecule has 0 aliphatic heterocycles. The van der Waals surface area contributed by atoms with E-state index in [-0.39, 0.29) is 11.8 Å². The van der Waals surface area contributed by atoms with Gasteiger partial charge >= 0.3 is 0 Å². The first kappa shape index (κ1) is 19.8. The molecule has 1 heterocycles. The van der Waals surface area contributed by atoms with E-state index in [1.165, 1.54) is 6.20 Å². The minimum absolute atomic E-state index is 0.168. The molecule has 2 amide bonds. The molecule has 0 aliphatic rings. The van der Waals surface area contributed by atoms with Crippen LogP contribution < -0.4 is 5.32 Å². The number of hydrogen-bond acceptors (Lipinski definition) is 3. The molecule has 7 heteroatoms. The molecule has 2 aromatic carbocycles. The lowest BCUT2D eigenvalue weighted by molar-refractivity contribution is 0.0774. The van der Waals surface area contributed by atoms with Crippen LogP contribution in [0.5, 0.6) is 0 Å². The number of nitrogens with one attached hydrogen (secondary N) is 1. The Bertz CT molecular complexity index is 964. The lowest BCUT2D eigenvalue weighted by Gasteiger charge is -2.19. The topological polar surface area (TPSA) is 67.2 Å². The Labute approximate surface area is 172 Å². The maximum absolute atomic E-state index is 13.0. The molecule has 28 heavy (non-hydrogen) atoms. The number of para-hydroxylation sites is 1. The van der Waals surface area contributed by atoms with Gasteiger partial charge in [0.15, 0.2) is 0 Å². The maximum Gasteiger partial charge on any atom is 0.259 e. The Balaban J connectivity index is 2.02. The first-order chi connectivity index (χ1) is 13.5. The van der Waals surface area contributed by atoms with Gasteiger partial charge in [0.2, 0.25) is 0 Å². The van der Waals surface area contributed by atoms with Crippen LogP contribution in [-0.4, -0.2) is 39.6 Å². The average molecular weight is 441 g/mol. The van der Waals surface area contributed by atoms with E-state index in [0.717, 1.165) is 10.2 Å². The summed E-state index contributed by atoms with van der Waals surface area (Å²) in [5, 5.41) is 7.24. The standard InChI is InChI=1S/C21H21BrN4O2/c1-3-25(4-2)21(28)18-14-23-26(17-8-6-5-7-9-17)19(18)24-20(27)15-10-12-16(22)13-11-15/h5-14H,3-4H2,1-2H3,(H,24,27). The fourth-order valence-corrected chi connectivity index (χ4v) is 3.12. The van der Waals surface area contributed by atoms with Crippen LogP contribution in [0.4, 0.5) is 5.82 Å². The van der Waals surface area contributed by atoms with Crippen molar-refractivity contribution in [2.24, 2.45) is 0 Å². The van der Waals surface area contributed by atoms with Gasteiger partial charge in [-0.1, -0.05) is 34.1 Å². The molecule has 1 N–H and O–H groups in total. The highest BCUT2D eigenvalue weighted by Gasteiger charge is 2.23. The SMILES string of the molecule is CCN(CC)C(=O)c1cnn(-c2ccccc2)c1NC(=O)c1ccc(Br)cc1. The van der Waals surface area contributed by atoms with Gasteiger partial charge in [-0.25, -0.2) is 4.68 Å². The Hall–Kier alpha value is -2.93. The number of aromatic nitrogens is 2. The molecule has 0 radical (unpaired) electrons. The van der Waals surface area contributed by atoms with Crippen molar-refractivity contribution in [3.63, 3.8) is 0 Å². The number of amides is 2. The van der Waals surface area contributed by atoms with Gasteiger partial charge in [-0.3, -0.25) is 9.59 Å². The number of carbonyl (C=O) groups is 2. The second-order valence-electron chi connectivity index (χ2n) is 6.09. The second-order valence-corrected chi connectivity index (χ2v) is 7.01. The number of anilines is 1. The van der Waals surface area contributed by atoms with Crippen LogP contribution >= 0.6 is 15.9 Å². The summed E-state index contributed by atoms with van der Waals surface area (Å²) in [6, 6.07) is 16.4. The number of rotatable bonds is 6. The highest BCUT2D eigenvalue weighted by Crippen LogP contribution is 2.23. The summed E-state index contributed by atoms with van der Waals surface area (Å²) >= 11 is 3.36. The van der Waals surface area contributed by atoms with Crippen LogP contribution in [-0.2, 0) is 0 Å². The lowest BCUT2D eigenvalue weighted by Crippen LogP contribution is -2.31. The van der Waals surface area contributed by atoms with E-state index in [1.807, 2.05) is 44.2 Å². The monoisotopic (exact) mass is 440 g/mol.